The Labute approximate surface area is 173 Å². The van der Waals surface area contributed by atoms with E-state index in [1.165, 1.54) is 38.5 Å². The fourth-order valence-electron chi connectivity index (χ4n) is 4.16. The molecule has 158 valence electrons. The number of nitrogens with zero attached hydrogens (tertiary/aromatic N) is 1. The molecule has 1 aliphatic heterocycles. The highest BCUT2D eigenvalue weighted by atomic mass is 16.5. The molecule has 30 heavy (non-hydrogen) atoms. The monoisotopic (exact) mass is 413 g/mol. The smallest absolute Gasteiger partial charge is 0.318 e. The Balaban J connectivity index is 2.22. The van der Waals surface area contributed by atoms with E-state index in [1.807, 2.05) is 0 Å². The maximum absolute atomic E-state index is 13.5. The van der Waals surface area contributed by atoms with Crippen LogP contribution in [0.3, 0.4) is 0 Å². The number of piperidine rings is 1. The zero-order chi connectivity index (χ0) is 22.0. The van der Waals surface area contributed by atoms with Gasteiger partial charge in [-0.05, 0) is 42.4 Å². The standard InChI is InChI=1S/C22H23NO7/c1-23-18(12-6-4-8-14(24)10-12)16(21(27)29-2)20(26)17(22(28)30-3)19(23)13-7-5-9-15(25)11-13/h4-11,16-19,24-25H,1-3H3. The summed E-state index contributed by atoms with van der Waals surface area (Å²) in [7, 11) is 4.01. The third-order valence-electron chi connectivity index (χ3n) is 5.46. The van der Waals surface area contributed by atoms with Gasteiger partial charge in [-0.2, -0.15) is 0 Å². The maximum Gasteiger partial charge on any atom is 0.318 e. The molecule has 2 aromatic carbocycles. The van der Waals surface area contributed by atoms with E-state index in [9.17, 15) is 24.6 Å². The van der Waals surface area contributed by atoms with Gasteiger partial charge in [0.15, 0.2) is 5.78 Å². The van der Waals surface area contributed by atoms with Crippen molar-refractivity contribution in [3.05, 3.63) is 59.7 Å². The van der Waals surface area contributed by atoms with Gasteiger partial charge in [-0.15, -0.1) is 0 Å². The molecule has 0 amide bonds. The second-order valence-electron chi connectivity index (χ2n) is 7.15. The van der Waals surface area contributed by atoms with E-state index >= 15 is 0 Å². The fraction of sp³-hybridized carbons (Fsp3) is 0.318. The number of benzene rings is 2. The van der Waals surface area contributed by atoms with Crippen molar-refractivity contribution in [2.24, 2.45) is 11.8 Å². The minimum absolute atomic E-state index is 0.0269. The van der Waals surface area contributed by atoms with Crippen molar-refractivity contribution in [3.8, 4) is 11.5 Å². The van der Waals surface area contributed by atoms with Crippen molar-refractivity contribution in [2.75, 3.05) is 21.3 Å². The van der Waals surface area contributed by atoms with Crippen LogP contribution in [0.4, 0.5) is 0 Å². The Morgan fingerprint density at radius 2 is 1.23 bits per heavy atom. The number of likely N-dealkylation sites (tertiary alicyclic amines) is 1. The average molecular weight is 413 g/mol. The molecular weight excluding hydrogens is 390 g/mol. The zero-order valence-electron chi connectivity index (χ0n) is 16.8. The summed E-state index contributed by atoms with van der Waals surface area (Å²) in [6, 6.07) is 10.8. The highest BCUT2D eigenvalue weighted by Gasteiger charge is 2.54. The number of phenolic OH excluding ortho intramolecular Hbond substituents is 2. The van der Waals surface area contributed by atoms with Crippen LogP contribution in [0.25, 0.3) is 0 Å². The number of methoxy groups -OCH3 is 2. The number of carbonyl (C=O) groups excluding carboxylic acids is 3. The average Bonchev–Trinajstić information content (AvgIpc) is 2.73. The Morgan fingerprint density at radius 3 is 1.57 bits per heavy atom. The van der Waals surface area contributed by atoms with Crippen LogP contribution in [0.2, 0.25) is 0 Å². The van der Waals surface area contributed by atoms with E-state index in [-0.39, 0.29) is 11.5 Å². The first-order chi connectivity index (χ1) is 14.3. The molecule has 0 aromatic heterocycles. The number of aromatic hydroxyl groups is 2. The number of Topliss-reactive ketones (excluding diaryl/α,β-unsaturated/α-hetero) is 1. The number of ketones is 1. The van der Waals surface area contributed by atoms with Crippen LogP contribution in [0.1, 0.15) is 23.2 Å². The van der Waals surface area contributed by atoms with Crippen LogP contribution in [-0.4, -0.2) is 54.1 Å². The molecule has 1 aliphatic rings. The van der Waals surface area contributed by atoms with Gasteiger partial charge in [0, 0.05) is 0 Å². The van der Waals surface area contributed by atoms with Gasteiger partial charge in [-0.1, -0.05) is 24.3 Å². The van der Waals surface area contributed by atoms with Gasteiger partial charge >= 0.3 is 11.9 Å². The second-order valence-corrected chi connectivity index (χ2v) is 7.15. The summed E-state index contributed by atoms with van der Waals surface area (Å²) in [4.78, 5) is 40.4. The van der Waals surface area contributed by atoms with Crippen LogP contribution in [0, 0.1) is 11.8 Å². The van der Waals surface area contributed by atoms with Crippen LogP contribution >= 0.6 is 0 Å². The van der Waals surface area contributed by atoms with E-state index in [4.69, 9.17) is 9.47 Å². The lowest BCUT2D eigenvalue weighted by molar-refractivity contribution is -0.167. The van der Waals surface area contributed by atoms with Gasteiger partial charge in [0.2, 0.25) is 0 Å². The molecule has 0 bridgehead atoms. The largest absolute Gasteiger partial charge is 0.508 e. The molecule has 3 rings (SSSR count). The van der Waals surface area contributed by atoms with Crippen molar-refractivity contribution in [3.63, 3.8) is 0 Å². The number of ether oxygens (including phenoxy) is 2. The normalized spacial score (nSPS) is 24.3. The molecular formula is C22H23NO7. The van der Waals surface area contributed by atoms with E-state index in [0.29, 0.717) is 11.1 Å². The topological polar surface area (TPSA) is 113 Å². The van der Waals surface area contributed by atoms with Crippen molar-refractivity contribution >= 4 is 17.7 Å². The van der Waals surface area contributed by atoms with Crippen molar-refractivity contribution < 1.29 is 34.1 Å². The first-order valence-corrected chi connectivity index (χ1v) is 9.29. The highest BCUT2D eigenvalue weighted by molar-refractivity contribution is 6.10. The first kappa shape index (κ1) is 21.3. The maximum atomic E-state index is 13.5. The Kier molecular flexibility index (Phi) is 6.07. The summed E-state index contributed by atoms with van der Waals surface area (Å²) < 4.78 is 9.74. The molecule has 0 radical (unpaired) electrons. The highest BCUT2D eigenvalue weighted by Crippen LogP contribution is 2.46. The lowest BCUT2D eigenvalue weighted by atomic mass is 9.73. The Bertz CT molecular complexity index is 898. The summed E-state index contributed by atoms with van der Waals surface area (Å²) in [5.41, 5.74) is 1.02. The van der Waals surface area contributed by atoms with Crippen molar-refractivity contribution in [2.45, 2.75) is 12.1 Å². The fourth-order valence-corrected chi connectivity index (χ4v) is 4.16. The third kappa shape index (κ3) is 3.73. The Morgan fingerprint density at radius 1 is 0.833 bits per heavy atom. The summed E-state index contributed by atoms with van der Waals surface area (Å²) in [6.07, 6.45) is 0. The third-order valence-corrected chi connectivity index (χ3v) is 5.46. The molecule has 2 aromatic rings. The van der Waals surface area contributed by atoms with Gasteiger partial charge in [-0.3, -0.25) is 19.3 Å². The van der Waals surface area contributed by atoms with Gasteiger partial charge < -0.3 is 19.7 Å². The van der Waals surface area contributed by atoms with E-state index < -0.39 is 41.6 Å². The molecule has 1 fully saturated rings. The molecule has 0 spiro atoms. The number of phenols is 2. The van der Waals surface area contributed by atoms with E-state index in [2.05, 4.69) is 0 Å². The Hall–Kier alpha value is -3.39. The predicted molar refractivity (Wildman–Crippen MR) is 105 cm³/mol. The number of carbonyl (C=O) groups is 3. The number of esters is 2. The molecule has 1 heterocycles. The summed E-state index contributed by atoms with van der Waals surface area (Å²) in [6.45, 7) is 0. The van der Waals surface area contributed by atoms with Gasteiger partial charge in [-0.25, -0.2) is 0 Å². The van der Waals surface area contributed by atoms with Crippen LogP contribution < -0.4 is 0 Å². The molecule has 0 saturated carbocycles. The zero-order valence-corrected chi connectivity index (χ0v) is 16.8. The van der Waals surface area contributed by atoms with E-state index in [1.54, 1.807) is 36.2 Å². The molecule has 1 saturated heterocycles. The summed E-state index contributed by atoms with van der Waals surface area (Å²) in [5.74, 6) is -4.89. The SMILES string of the molecule is COC(=O)C1C(=O)C(C(=O)OC)C(c2cccc(O)c2)N(C)C1c1cccc(O)c1. The number of rotatable bonds is 4. The molecule has 4 unspecified atom stereocenters. The lowest BCUT2D eigenvalue weighted by Crippen LogP contribution is -2.54. The number of hydrogen-bond acceptors (Lipinski definition) is 8. The lowest BCUT2D eigenvalue weighted by Gasteiger charge is -2.46. The van der Waals surface area contributed by atoms with Crippen LogP contribution in [-0.2, 0) is 23.9 Å². The quantitative estimate of drug-likeness (QED) is 0.578. The predicted octanol–water partition coefficient (Wildman–Crippen LogP) is 1.97. The number of hydrogen-bond donors (Lipinski definition) is 2. The summed E-state index contributed by atoms with van der Waals surface area (Å²) in [5, 5.41) is 19.9. The van der Waals surface area contributed by atoms with Gasteiger partial charge in [0.1, 0.15) is 23.3 Å². The van der Waals surface area contributed by atoms with Crippen LogP contribution in [0.5, 0.6) is 11.5 Å². The van der Waals surface area contributed by atoms with E-state index in [0.717, 1.165) is 0 Å². The molecule has 8 heteroatoms. The molecule has 4 atom stereocenters. The van der Waals surface area contributed by atoms with Gasteiger partial charge in [0.05, 0.1) is 26.3 Å². The van der Waals surface area contributed by atoms with Crippen LogP contribution in [0.15, 0.2) is 48.5 Å². The van der Waals surface area contributed by atoms with Crippen molar-refractivity contribution in [1.29, 1.82) is 0 Å². The minimum Gasteiger partial charge on any atom is -0.508 e. The first-order valence-electron chi connectivity index (χ1n) is 9.29. The molecule has 0 aliphatic carbocycles. The summed E-state index contributed by atoms with van der Waals surface area (Å²) >= 11 is 0. The van der Waals surface area contributed by atoms with Gasteiger partial charge in [0.25, 0.3) is 0 Å². The molecule has 8 nitrogen and oxygen atoms in total. The second kappa shape index (κ2) is 8.54. The van der Waals surface area contributed by atoms with Crippen molar-refractivity contribution in [1.82, 2.24) is 4.90 Å². The molecule has 2 N–H and O–H groups in total. The minimum atomic E-state index is -1.31.